The van der Waals surface area contributed by atoms with Crippen LogP contribution in [0.3, 0.4) is 0 Å². The zero-order chi connectivity index (χ0) is 17.3. The van der Waals surface area contributed by atoms with Gasteiger partial charge < -0.3 is 19.7 Å². The van der Waals surface area contributed by atoms with Gasteiger partial charge in [-0.3, -0.25) is 0 Å². The van der Waals surface area contributed by atoms with Crippen molar-refractivity contribution < 1.29 is 9.47 Å². The molecule has 0 radical (unpaired) electrons. The Hall–Kier alpha value is -2.04. The molecule has 1 heterocycles. The molecule has 0 aromatic heterocycles. The molecule has 0 spiro atoms. The van der Waals surface area contributed by atoms with Crippen LogP contribution in [0, 0.1) is 0 Å². The van der Waals surface area contributed by atoms with Crippen molar-refractivity contribution in [1.82, 2.24) is 10.2 Å². The lowest BCUT2D eigenvalue weighted by Crippen LogP contribution is -2.29. The Morgan fingerprint density at radius 1 is 0.960 bits per heavy atom. The average Bonchev–Trinajstić information content (AvgIpc) is 3.18. The van der Waals surface area contributed by atoms with Crippen molar-refractivity contribution in [3.8, 4) is 11.5 Å². The number of nitrogens with zero attached hydrogens (tertiary/aromatic N) is 1. The van der Waals surface area contributed by atoms with E-state index in [1.807, 2.05) is 24.3 Å². The van der Waals surface area contributed by atoms with Crippen LogP contribution in [0.2, 0.25) is 0 Å². The Balaban J connectivity index is 1.48. The highest BCUT2D eigenvalue weighted by Crippen LogP contribution is 2.28. The quantitative estimate of drug-likeness (QED) is 0.709. The van der Waals surface area contributed by atoms with Gasteiger partial charge >= 0.3 is 0 Å². The van der Waals surface area contributed by atoms with Gasteiger partial charge in [-0.1, -0.05) is 36.4 Å². The van der Waals surface area contributed by atoms with E-state index in [2.05, 4.69) is 34.5 Å². The van der Waals surface area contributed by atoms with Gasteiger partial charge in [0.05, 0.1) is 7.11 Å². The van der Waals surface area contributed by atoms with Crippen molar-refractivity contribution in [3.05, 3.63) is 59.7 Å². The largest absolute Gasteiger partial charge is 0.493 e. The van der Waals surface area contributed by atoms with Crippen molar-refractivity contribution in [2.24, 2.45) is 0 Å². The van der Waals surface area contributed by atoms with Crippen LogP contribution in [0.5, 0.6) is 11.5 Å². The highest BCUT2D eigenvalue weighted by atomic mass is 16.5. The summed E-state index contributed by atoms with van der Waals surface area (Å²) in [4.78, 5) is 2.52. The topological polar surface area (TPSA) is 33.7 Å². The van der Waals surface area contributed by atoms with Crippen molar-refractivity contribution in [2.75, 3.05) is 33.3 Å². The molecule has 2 aromatic rings. The van der Waals surface area contributed by atoms with Crippen molar-refractivity contribution >= 4 is 0 Å². The summed E-state index contributed by atoms with van der Waals surface area (Å²) in [6.07, 6.45) is 2.70. The van der Waals surface area contributed by atoms with Gasteiger partial charge in [0.15, 0.2) is 11.5 Å². The Morgan fingerprint density at radius 3 is 2.52 bits per heavy atom. The van der Waals surface area contributed by atoms with Crippen LogP contribution in [0.1, 0.15) is 24.0 Å². The second-order valence-corrected chi connectivity index (χ2v) is 6.49. The van der Waals surface area contributed by atoms with Gasteiger partial charge in [-0.15, -0.1) is 0 Å². The van der Waals surface area contributed by atoms with E-state index in [-0.39, 0.29) is 0 Å². The van der Waals surface area contributed by atoms with E-state index >= 15 is 0 Å². The Morgan fingerprint density at radius 2 is 1.76 bits per heavy atom. The summed E-state index contributed by atoms with van der Waals surface area (Å²) in [6, 6.07) is 16.3. The van der Waals surface area contributed by atoms with Gasteiger partial charge in [-0.25, -0.2) is 0 Å². The molecule has 1 aliphatic heterocycles. The third kappa shape index (κ3) is 5.48. The van der Waals surface area contributed by atoms with Gasteiger partial charge in [0.2, 0.25) is 0 Å². The van der Waals surface area contributed by atoms with Crippen LogP contribution in [-0.2, 0) is 13.2 Å². The molecular formula is C21H28N2O2. The lowest BCUT2D eigenvalue weighted by Gasteiger charge is -2.15. The molecule has 0 bridgehead atoms. The van der Waals surface area contributed by atoms with Gasteiger partial charge in [0, 0.05) is 19.6 Å². The van der Waals surface area contributed by atoms with E-state index in [1.165, 1.54) is 31.5 Å². The molecule has 1 aliphatic rings. The number of rotatable bonds is 9. The highest BCUT2D eigenvalue weighted by Gasteiger charge is 2.10. The van der Waals surface area contributed by atoms with Crippen LogP contribution in [0.25, 0.3) is 0 Å². The third-order valence-corrected chi connectivity index (χ3v) is 4.60. The predicted octanol–water partition coefficient (Wildman–Crippen LogP) is 3.46. The van der Waals surface area contributed by atoms with Crippen LogP contribution < -0.4 is 14.8 Å². The SMILES string of the molecule is COc1cc(CNCCN2CCCC2)ccc1OCc1ccccc1. The van der Waals surface area contributed by atoms with E-state index in [4.69, 9.17) is 9.47 Å². The highest BCUT2D eigenvalue weighted by molar-refractivity contribution is 5.43. The van der Waals surface area contributed by atoms with E-state index in [1.54, 1.807) is 7.11 Å². The fourth-order valence-corrected chi connectivity index (χ4v) is 3.15. The first-order valence-corrected chi connectivity index (χ1v) is 9.12. The number of benzene rings is 2. The van der Waals surface area contributed by atoms with Gasteiger partial charge in [-0.2, -0.15) is 0 Å². The fourth-order valence-electron chi connectivity index (χ4n) is 3.15. The van der Waals surface area contributed by atoms with Gasteiger partial charge in [-0.05, 0) is 49.2 Å². The minimum absolute atomic E-state index is 0.546. The summed E-state index contributed by atoms with van der Waals surface area (Å²) in [5.74, 6) is 1.57. The summed E-state index contributed by atoms with van der Waals surface area (Å²) < 4.78 is 11.4. The molecular weight excluding hydrogens is 312 g/mol. The zero-order valence-electron chi connectivity index (χ0n) is 15.0. The molecule has 4 heteroatoms. The van der Waals surface area contributed by atoms with E-state index in [0.717, 1.165) is 36.7 Å². The number of hydrogen-bond acceptors (Lipinski definition) is 4. The standard InChI is InChI=1S/C21H28N2O2/c1-24-21-15-19(16-22-11-14-23-12-5-6-13-23)9-10-20(21)25-17-18-7-3-2-4-8-18/h2-4,7-10,15,22H,5-6,11-14,16-17H2,1H3. The third-order valence-electron chi connectivity index (χ3n) is 4.60. The maximum atomic E-state index is 5.91. The summed E-state index contributed by atoms with van der Waals surface area (Å²) in [6.45, 7) is 6.06. The van der Waals surface area contributed by atoms with Crippen LogP contribution in [0.4, 0.5) is 0 Å². The lowest BCUT2D eigenvalue weighted by atomic mass is 10.2. The molecule has 1 saturated heterocycles. The molecule has 1 N–H and O–H groups in total. The molecule has 0 aliphatic carbocycles. The Bertz CT molecular complexity index is 640. The second kappa shape index (κ2) is 9.44. The van der Waals surface area contributed by atoms with Crippen LogP contribution >= 0.6 is 0 Å². The second-order valence-electron chi connectivity index (χ2n) is 6.49. The summed E-state index contributed by atoms with van der Waals surface area (Å²) in [5, 5.41) is 3.52. The van der Waals surface area contributed by atoms with E-state index < -0.39 is 0 Å². The normalized spacial score (nSPS) is 14.6. The predicted molar refractivity (Wildman–Crippen MR) is 101 cm³/mol. The van der Waals surface area contributed by atoms with E-state index in [0.29, 0.717) is 6.61 Å². The van der Waals surface area contributed by atoms with Crippen molar-refractivity contribution in [2.45, 2.75) is 26.0 Å². The molecule has 0 unspecified atom stereocenters. The maximum Gasteiger partial charge on any atom is 0.161 e. The monoisotopic (exact) mass is 340 g/mol. The number of hydrogen-bond donors (Lipinski definition) is 1. The minimum Gasteiger partial charge on any atom is -0.493 e. The summed E-state index contributed by atoms with van der Waals surface area (Å²) in [7, 11) is 1.69. The number of methoxy groups -OCH3 is 1. The van der Waals surface area contributed by atoms with Gasteiger partial charge in [0.1, 0.15) is 6.61 Å². The fraction of sp³-hybridized carbons (Fsp3) is 0.429. The first kappa shape index (κ1) is 17.8. The number of nitrogens with one attached hydrogen (secondary N) is 1. The lowest BCUT2D eigenvalue weighted by molar-refractivity contribution is 0.284. The first-order valence-electron chi connectivity index (χ1n) is 9.12. The molecule has 2 aromatic carbocycles. The molecule has 0 saturated carbocycles. The molecule has 25 heavy (non-hydrogen) atoms. The summed E-state index contributed by atoms with van der Waals surface area (Å²) >= 11 is 0. The molecule has 4 nitrogen and oxygen atoms in total. The molecule has 0 atom stereocenters. The molecule has 134 valence electrons. The van der Waals surface area contributed by atoms with Crippen molar-refractivity contribution in [3.63, 3.8) is 0 Å². The molecule has 1 fully saturated rings. The molecule has 3 rings (SSSR count). The average molecular weight is 340 g/mol. The Labute approximate surface area is 150 Å². The number of ether oxygens (including phenoxy) is 2. The minimum atomic E-state index is 0.546. The maximum absolute atomic E-state index is 5.91. The van der Waals surface area contributed by atoms with Crippen molar-refractivity contribution in [1.29, 1.82) is 0 Å². The van der Waals surface area contributed by atoms with Crippen LogP contribution in [-0.4, -0.2) is 38.2 Å². The first-order chi connectivity index (χ1) is 12.3. The smallest absolute Gasteiger partial charge is 0.161 e. The molecule has 0 amide bonds. The Kier molecular flexibility index (Phi) is 6.71. The number of likely N-dealkylation sites (tertiary alicyclic amines) is 1. The summed E-state index contributed by atoms with van der Waals surface area (Å²) in [5.41, 5.74) is 2.36. The van der Waals surface area contributed by atoms with Crippen LogP contribution in [0.15, 0.2) is 48.5 Å². The van der Waals surface area contributed by atoms with E-state index in [9.17, 15) is 0 Å². The zero-order valence-corrected chi connectivity index (χ0v) is 15.0. The van der Waals surface area contributed by atoms with Gasteiger partial charge in [0.25, 0.3) is 0 Å².